The van der Waals surface area contributed by atoms with Gasteiger partial charge < -0.3 is 5.73 Å². The summed E-state index contributed by atoms with van der Waals surface area (Å²) in [4.78, 5) is 10.4. The lowest BCUT2D eigenvalue weighted by Gasteiger charge is -1.98. The van der Waals surface area contributed by atoms with Crippen LogP contribution in [0.4, 0.5) is 13.2 Å². The second-order valence-corrected chi connectivity index (χ2v) is 2.09. The highest BCUT2D eigenvalue weighted by molar-refractivity contribution is 5.93. The molecular weight excluding hydrogens is 207 g/mol. The third kappa shape index (κ3) is 2.12. The molecule has 0 radical (unpaired) electrons. The van der Waals surface area contributed by atoms with Gasteiger partial charge in [-0.3, -0.25) is 4.79 Å². The molecular formula is C7H5ClF3NO. The molecule has 1 aromatic rings. The molecule has 0 aromatic heterocycles. The van der Waals surface area contributed by atoms with Crippen molar-refractivity contribution >= 4 is 18.3 Å². The Morgan fingerprint density at radius 2 is 1.69 bits per heavy atom. The van der Waals surface area contributed by atoms with Crippen LogP contribution in [0.15, 0.2) is 12.1 Å². The molecule has 2 N–H and O–H groups in total. The average Bonchev–Trinajstić information content (AvgIpc) is 2.00. The summed E-state index contributed by atoms with van der Waals surface area (Å²) in [6, 6.07) is 1.43. The van der Waals surface area contributed by atoms with Crippen LogP contribution in [-0.4, -0.2) is 5.91 Å². The first-order valence-corrected chi connectivity index (χ1v) is 2.97. The van der Waals surface area contributed by atoms with Crippen molar-refractivity contribution in [3.63, 3.8) is 0 Å². The van der Waals surface area contributed by atoms with E-state index < -0.39 is 28.9 Å². The van der Waals surface area contributed by atoms with Gasteiger partial charge in [0.05, 0.1) is 5.56 Å². The standard InChI is InChI=1S/C7H4F3NO.ClH/c8-4-2-1-3(7(11)12)5(9)6(4)10;/h1-2H,(H2,11,12);1H. The first-order valence-electron chi connectivity index (χ1n) is 2.97. The van der Waals surface area contributed by atoms with E-state index in [1.165, 1.54) is 0 Å². The predicted octanol–water partition coefficient (Wildman–Crippen LogP) is 1.62. The summed E-state index contributed by atoms with van der Waals surface area (Å²) in [6.07, 6.45) is 0. The molecule has 0 aliphatic carbocycles. The minimum atomic E-state index is -1.69. The van der Waals surface area contributed by atoms with Gasteiger partial charge in [-0.15, -0.1) is 12.4 Å². The van der Waals surface area contributed by atoms with Crippen LogP contribution in [0.3, 0.4) is 0 Å². The van der Waals surface area contributed by atoms with Crippen LogP contribution >= 0.6 is 12.4 Å². The van der Waals surface area contributed by atoms with Crippen LogP contribution in [0.5, 0.6) is 0 Å². The summed E-state index contributed by atoms with van der Waals surface area (Å²) in [5, 5.41) is 0. The molecule has 0 atom stereocenters. The topological polar surface area (TPSA) is 43.1 Å². The first kappa shape index (κ1) is 11.8. The van der Waals surface area contributed by atoms with Crippen molar-refractivity contribution in [3.8, 4) is 0 Å². The Bertz CT molecular complexity index is 343. The van der Waals surface area contributed by atoms with E-state index in [1.807, 2.05) is 0 Å². The van der Waals surface area contributed by atoms with Crippen LogP contribution in [-0.2, 0) is 0 Å². The number of nitrogens with two attached hydrogens (primary N) is 1. The molecule has 6 heteroatoms. The Morgan fingerprint density at radius 1 is 1.15 bits per heavy atom. The van der Waals surface area contributed by atoms with Crippen molar-refractivity contribution in [2.24, 2.45) is 5.73 Å². The van der Waals surface area contributed by atoms with Gasteiger partial charge in [0.15, 0.2) is 17.5 Å². The van der Waals surface area contributed by atoms with Gasteiger partial charge in [-0.05, 0) is 12.1 Å². The molecule has 13 heavy (non-hydrogen) atoms. The highest BCUT2D eigenvalue weighted by Crippen LogP contribution is 2.14. The van der Waals surface area contributed by atoms with Gasteiger partial charge in [-0.1, -0.05) is 0 Å². The number of hydrogen-bond donors (Lipinski definition) is 1. The van der Waals surface area contributed by atoms with E-state index in [0.29, 0.717) is 6.07 Å². The SMILES string of the molecule is Cl.NC(=O)c1ccc(F)c(F)c1F. The molecule has 0 saturated carbocycles. The molecule has 1 rings (SSSR count). The number of carbonyl (C=O) groups is 1. The maximum absolute atomic E-state index is 12.6. The van der Waals surface area contributed by atoms with Gasteiger partial charge in [-0.2, -0.15) is 0 Å². The molecule has 0 bridgehead atoms. The number of halogens is 4. The molecule has 0 fully saturated rings. The maximum Gasteiger partial charge on any atom is 0.251 e. The van der Waals surface area contributed by atoms with Crippen molar-refractivity contribution in [1.29, 1.82) is 0 Å². The van der Waals surface area contributed by atoms with Crippen LogP contribution in [0, 0.1) is 17.5 Å². The first-order chi connectivity index (χ1) is 5.54. The second-order valence-electron chi connectivity index (χ2n) is 2.09. The largest absolute Gasteiger partial charge is 0.366 e. The summed E-state index contributed by atoms with van der Waals surface area (Å²) in [5.74, 6) is -5.72. The summed E-state index contributed by atoms with van der Waals surface area (Å²) in [5.41, 5.74) is 4.01. The van der Waals surface area contributed by atoms with Gasteiger partial charge in [0.1, 0.15) is 0 Å². The van der Waals surface area contributed by atoms with Crippen LogP contribution in [0.2, 0.25) is 0 Å². The van der Waals surface area contributed by atoms with Gasteiger partial charge >= 0.3 is 0 Å². The monoisotopic (exact) mass is 211 g/mol. The zero-order valence-electron chi connectivity index (χ0n) is 6.18. The maximum atomic E-state index is 12.6. The number of carbonyl (C=O) groups excluding carboxylic acids is 1. The normalized spacial score (nSPS) is 9.15. The van der Waals surface area contributed by atoms with Crippen LogP contribution < -0.4 is 5.73 Å². The lowest BCUT2D eigenvalue weighted by Crippen LogP contribution is -2.14. The highest BCUT2D eigenvalue weighted by Gasteiger charge is 2.16. The average molecular weight is 212 g/mol. The molecule has 72 valence electrons. The molecule has 0 aliphatic heterocycles. The third-order valence-corrected chi connectivity index (χ3v) is 1.30. The fourth-order valence-electron chi connectivity index (χ4n) is 0.716. The molecule has 0 aliphatic rings. The van der Waals surface area contributed by atoms with Crippen LogP contribution in [0.25, 0.3) is 0 Å². The van der Waals surface area contributed by atoms with Crippen molar-refractivity contribution < 1.29 is 18.0 Å². The van der Waals surface area contributed by atoms with Crippen molar-refractivity contribution in [3.05, 3.63) is 35.1 Å². The summed E-state index contributed by atoms with van der Waals surface area (Å²) in [6.45, 7) is 0. The second kappa shape index (κ2) is 4.13. The quantitative estimate of drug-likeness (QED) is 0.705. The van der Waals surface area contributed by atoms with E-state index >= 15 is 0 Å². The van der Waals surface area contributed by atoms with Gasteiger partial charge in [-0.25, -0.2) is 13.2 Å². The van der Waals surface area contributed by atoms with Gasteiger partial charge in [0.2, 0.25) is 0 Å². The summed E-state index contributed by atoms with van der Waals surface area (Å²) in [7, 11) is 0. The highest BCUT2D eigenvalue weighted by atomic mass is 35.5. The number of rotatable bonds is 1. The minimum Gasteiger partial charge on any atom is -0.366 e. The van der Waals surface area contributed by atoms with E-state index in [9.17, 15) is 18.0 Å². The number of hydrogen-bond acceptors (Lipinski definition) is 1. The molecule has 1 amide bonds. The molecule has 0 unspecified atom stereocenters. The Labute approximate surface area is 77.9 Å². The molecule has 0 saturated heterocycles. The fraction of sp³-hybridized carbons (Fsp3) is 0. The Morgan fingerprint density at radius 3 is 2.15 bits per heavy atom. The zero-order chi connectivity index (χ0) is 9.30. The Kier molecular flexibility index (Phi) is 3.74. The fourth-order valence-corrected chi connectivity index (χ4v) is 0.716. The number of benzene rings is 1. The molecule has 0 spiro atoms. The summed E-state index contributed by atoms with van der Waals surface area (Å²) < 4.78 is 37.2. The zero-order valence-corrected chi connectivity index (χ0v) is 7.00. The van der Waals surface area contributed by atoms with E-state index in [4.69, 9.17) is 0 Å². The lowest BCUT2D eigenvalue weighted by molar-refractivity contribution is 0.0995. The number of primary amides is 1. The summed E-state index contributed by atoms with van der Waals surface area (Å²) >= 11 is 0. The van der Waals surface area contributed by atoms with Crippen molar-refractivity contribution in [1.82, 2.24) is 0 Å². The van der Waals surface area contributed by atoms with Gasteiger partial charge in [0, 0.05) is 0 Å². The number of amides is 1. The Balaban J connectivity index is 0.00000144. The molecule has 2 nitrogen and oxygen atoms in total. The lowest BCUT2D eigenvalue weighted by atomic mass is 10.2. The van der Waals surface area contributed by atoms with Gasteiger partial charge in [0.25, 0.3) is 5.91 Å². The molecule has 0 heterocycles. The minimum absolute atomic E-state index is 0. The smallest absolute Gasteiger partial charge is 0.251 e. The van der Waals surface area contributed by atoms with E-state index in [-0.39, 0.29) is 12.4 Å². The molecule has 1 aromatic carbocycles. The Hall–Kier alpha value is -1.23. The van der Waals surface area contributed by atoms with E-state index in [1.54, 1.807) is 0 Å². The predicted molar refractivity (Wildman–Crippen MR) is 42.1 cm³/mol. The van der Waals surface area contributed by atoms with Crippen molar-refractivity contribution in [2.45, 2.75) is 0 Å². The van der Waals surface area contributed by atoms with Crippen LogP contribution in [0.1, 0.15) is 10.4 Å². The van der Waals surface area contributed by atoms with Crippen molar-refractivity contribution in [2.75, 3.05) is 0 Å². The van der Waals surface area contributed by atoms with E-state index in [0.717, 1.165) is 6.07 Å². The third-order valence-electron chi connectivity index (χ3n) is 1.30. The van der Waals surface area contributed by atoms with E-state index in [2.05, 4.69) is 5.73 Å².